The van der Waals surface area contributed by atoms with Gasteiger partial charge in [-0.2, -0.15) is 0 Å². The lowest BCUT2D eigenvalue weighted by molar-refractivity contribution is -0.141. The number of carboxylic acids is 1. The number of primary amides is 1. The zero-order chi connectivity index (χ0) is 13.0. The minimum Gasteiger partial charge on any atom is -0.480 e. The molecule has 2 unspecified atom stereocenters. The Balaban J connectivity index is 2.70. The number of amides is 3. The first-order chi connectivity index (χ1) is 7.97. The van der Waals surface area contributed by atoms with Crippen molar-refractivity contribution in [1.82, 2.24) is 10.2 Å². The number of nitrogens with zero attached hydrogens (tertiary/aromatic N) is 1. The molecule has 96 valence electrons. The summed E-state index contributed by atoms with van der Waals surface area (Å²) in [6.45, 7) is 1.58. The molecule has 0 radical (unpaired) electrons. The maximum Gasteiger partial charge on any atom is 0.327 e. The summed E-state index contributed by atoms with van der Waals surface area (Å²) in [6.07, 6.45) is 0.651. The van der Waals surface area contributed by atoms with Gasteiger partial charge in [0.25, 0.3) is 0 Å². The zero-order valence-electron chi connectivity index (χ0n) is 9.38. The molecule has 0 saturated carbocycles. The molecule has 0 spiro atoms. The highest BCUT2D eigenvalue weighted by atomic mass is 32.2. The lowest BCUT2D eigenvalue weighted by Crippen LogP contribution is -2.51. The predicted octanol–water partition coefficient (Wildman–Crippen LogP) is -0.581. The molecule has 1 rings (SSSR count). The van der Waals surface area contributed by atoms with Gasteiger partial charge in [0.05, 0.1) is 11.9 Å². The van der Waals surface area contributed by atoms with Gasteiger partial charge < -0.3 is 16.2 Å². The zero-order valence-corrected chi connectivity index (χ0v) is 10.2. The summed E-state index contributed by atoms with van der Waals surface area (Å²) in [5.41, 5.74) is 4.91. The van der Waals surface area contributed by atoms with E-state index in [1.807, 2.05) is 6.92 Å². The van der Waals surface area contributed by atoms with Crippen molar-refractivity contribution in [3.05, 3.63) is 0 Å². The highest BCUT2D eigenvalue weighted by Crippen LogP contribution is 2.31. The molecule has 0 aromatic rings. The minimum absolute atomic E-state index is 0.177. The van der Waals surface area contributed by atoms with Crippen LogP contribution in [0.2, 0.25) is 0 Å². The van der Waals surface area contributed by atoms with E-state index in [4.69, 9.17) is 10.8 Å². The Morgan fingerprint density at radius 1 is 1.53 bits per heavy atom. The van der Waals surface area contributed by atoms with E-state index in [0.717, 1.165) is 0 Å². The monoisotopic (exact) mass is 261 g/mol. The summed E-state index contributed by atoms with van der Waals surface area (Å²) in [5, 5.41) is 11.1. The second-order valence-corrected chi connectivity index (χ2v) is 4.79. The van der Waals surface area contributed by atoms with Crippen molar-refractivity contribution in [3.8, 4) is 0 Å². The van der Waals surface area contributed by atoms with Gasteiger partial charge in [-0.3, -0.25) is 9.69 Å². The number of rotatable bonds is 4. The second kappa shape index (κ2) is 5.76. The summed E-state index contributed by atoms with van der Waals surface area (Å²) in [7, 11) is 0. The molecule has 1 aliphatic rings. The Kier molecular flexibility index (Phi) is 4.62. The standard InChI is InChI=1S/C9H15N3O4S/c1-2-7-12(5(4-17-7)8(14)15)9(16)11-3-6(10)13/h5,7H,2-4H2,1H3,(H2,10,13)(H,11,16)(H,14,15). The van der Waals surface area contributed by atoms with Crippen LogP contribution in [-0.2, 0) is 9.59 Å². The molecule has 17 heavy (non-hydrogen) atoms. The number of thioether (sulfide) groups is 1. The van der Waals surface area contributed by atoms with Gasteiger partial charge in [-0.1, -0.05) is 6.92 Å². The van der Waals surface area contributed by atoms with Gasteiger partial charge in [0.2, 0.25) is 5.91 Å². The number of nitrogens with two attached hydrogens (primary N) is 1. The average molecular weight is 261 g/mol. The highest BCUT2D eigenvalue weighted by molar-refractivity contribution is 8.00. The molecule has 1 saturated heterocycles. The number of hydrogen-bond donors (Lipinski definition) is 3. The summed E-state index contributed by atoms with van der Waals surface area (Å²) in [4.78, 5) is 34.6. The maximum absolute atomic E-state index is 11.8. The van der Waals surface area contributed by atoms with Crippen LogP contribution in [0, 0.1) is 0 Å². The smallest absolute Gasteiger partial charge is 0.327 e. The predicted molar refractivity (Wildman–Crippen MR) is 62.4 cm³/mol. The van der Waals surface area contributed by atoms with Crippen LogP contribution in [0.15, 0.2) is 0 Å². The van der Waals surface area contributed by atoms with Crippen LogP contribution in [0.5, 0.6) is 0 Å². The highest BCUT2D eigenvalue weighted by Gasteiger charge is 2.40. The Morgan fingerprint density at radius 2 is 2.18 bits per heavy atom. The molecule has 0 bridgehead atoms. The number of carbonyl (C=O) groups excluding carboxylic acids is 2. The van der Waals surface area contributed by atoms with Crippen LogP contribution in [0.4, 0.5) is 4.79 Å². The Bertz CT molecular complexity index is 336. The van der Waals surface area contributed by atoms with Crippen LogP contribution >= 0.6 is 11.8 Å². The Morgan fingerprint density at radius 3 is 2.65 bits per heavy atom. The molecule has 1 fully saturated rings. The number of hydrogen-bond acceptors (Lipinski definition) is 4. The van der Waals surface area contributed by atoms with Crippen LogP contribution in [0.3, 0.4) is 0 Å². The quantitative estimate of drug-likeness (QED) is 0.626. The summed E-state index contributed by atoms with van der Waals surface area (Å²) in [5.74, 6) is -1.34. The first kappa shape index (κ1) is 13.6. The van der Waals surface area contributed by atoms with Gasteiger partial charge in [0.1, 0.15) is 6.04 Å². The molecule has 8 heteroatoms. The molecule has 3 amide bonds. The number of nitrogens with one attached hydrogen (secondary N) is 1. The van der Waals surface area contributed by atoms with Crippen molar-refractivity contribution >= 4 is 29.7 Å². The van der Waals surface area contributed by atoms with Gasteiger partial charge in [-0.25, -0.2) is 9.59 Å². The summed E-state index contributed by atoms with van der Waals surface area (Å²) < 4.78 is 0. The van der Waals surface area contributed by atoms with E-state index in [2.05, 4.69) is 5.32 Å². The lowest BCUT2D eigenvalue weighted by atomic mass is 10.3. The molecule has 1 aliphatic heterocycles. The van der Waals surface area contributed by atoms with Crippen molar-refractivity contribution in [2.24, 2.45) is 5.73 Å². The molecule has 4 N–H and O–H groups in total. The fourth-order valence-electron chi connectivity index (χ4n) is 1.59. The van der Waals surface area contributed by atoms with Crippen LogP contribution in [0.1, 0.15) is 13.3 Å². The number of carboxylic acid groups (broad SMARTS) is 1. The number of urea groups is 1. The van der Waals surface area contributed by atoms with E-state index in [9.17, 15) is 14.4 Å². The van der Waals surface area contributed by atoms with Gasteiger partial charge in [0.15, 0.2) is 0 Å². The van der Waals surface area contributed by atoms with Gasteiger partial charge in [-0.05, 0) is 6.42 Å². The van der Waals surface area contributed by atoms with Crippen LogP contribution < -0.4 is 11.1 Å². The third-order valence-electron chi connectivity index (χ3n) is 2.38. The van der Waals surface area contributed by atoms with Crippen molar-refractivity contribution in [2.75, 3.05) is 12.3 Å². The molecular formula is C9H15N3O4S. The normalized spacial score (nSPS) is 23.5. The maximum atomic E-state index is 11.8. The van der Waals surface area contributed by atoms with Gasteiger partial charge in [-0.15, -0.1) is 11.8 Å². The lowest BCUT2D eigenvalue weighted by Gasteiger charge is -2.26. The van der Waals surface area contributed by atoms with E-state index in [-0.39, 0.29) is 11.9 Å². The van der Waals surface area contributed by atoms with E-state index in [0.29, 0.717) is 12.2 Å². The molecule has 1 heterocycles. The topological polar surface area (TPSA) is 113 Å². The molecule has 0 aliphatic carbocycles. The fourth-order valence-corrected chi connectivity index (χ4v) is 2.94. The molecule has 7 nitrogen and oxygen atoms in total. The Labute approximate surface area is 103 Å². The van der Waals surface area contributed by atoms with E-state index < -0.39 is 23.9 Å². The third-order valence-corrected chi connectivity index (χ3v) is 3.83. The first-order valence-electron chi connectivity index (χ1n) is 5.16. The molecular weight excluding hydrogens is 246 g/mol. The van der Waals surface area contributed by atoms with E-state index in [1.165, 1.54) is 16.7 Å². The fraction of sp³-hybridized carbons (Fsp3) is 0.667. The Hall–Kier alpha value is -1.44. The first-order valence-corrected chi connectivity index (χ1v) is 6.21. The largest absolute Gasteiger partial charge is 0.480 e. The average Bonchev–Trinajstić information content (AvgIpc) is 2.69. The van der Waals surface area contributed by atoms with E-state index >= 15 is 0 Å². The number of aliphatic carboxylic acids is 1. The SMILES string of the molecule is CCC1SCC(C(=O)O)N1C(=O)NCC(N)=O. The van der Waals surface area contributed by atoms with Gasteiger partial charge >= 0.3 is 12.0 Å². The van der Waals surface area contributed by atoms with Crippen molar-refractivity contribution in [3.63, 3.8) is 0 Å². The summed E-state index contributed by atoms with van der Waals surface area (Å²) >= 11 is 1.42. The second-order valence-electron chi connectivity index (χ2n) is 3.58. The van der Waals surface area contributed by atoms with E-state index in [1.54, 1.807) is 0 Å². The third kappa shape index (κ3) is 3.26. The summed E-state index contributed by atoms with van der Waals surface area (Å²) in [6, 6.07) is -1.41. The van der Waals surface area contributed by atoms with Crippen molar-refractivity contribution in [2.45, 2.75) is 24.8 Å². The number of carbonyl (C=O) groups is 3. The van der Waals surface area contributed by atoms with Crippen LogP contribution in [0.25, 0.3) is 0 Å². The minimum atomic E-state index is -1.04. The van der Waals surface area contributed by atoms with Crippen LogP contribution in [-0.4, -0.2) is 51.6 Å². The van der Waals surface area contributed by atoms with Gasteiger partial charge in [0, 0.05) is 5.75 Å². The molecule has 0 aromatic carbocycles. The van der Waals surface area contributed by atoms with Crippen molar-refractivity contribution < 1.29 is 19.5 Å². The van der Waals surface area contributed by atoms with Crippen molar-refractivity contribution in [1.29, 1.82) is 0 Å². The molecule has 0 aromatic heterocycles. The molecule has 2 atom stereocenters.